The summed E-state index contributed by atoms with van der Waals surface area (Å²) < 4.78 is 10.8. The van der Waals surface area contributed by atoms with Crippen molar-refractivity contribution in [2.24, 2.45) is 4.99 Å². The fraction of sp³-hybridized carbons (Fsp3) is 0.765. The topological polar surface area (TPSA) is 72.0 Å². The minimum Gasteiger partial charge on any atom is -0.426 e. The van der Waals surface area contributed by atoms with Crippen LogP contribution in [-0.2, 0) is 9.47 Å². The van der Waals surface area contributed by atoms with Crippen LogP contribution in [0.25, 0.3) is 0 Å². The second-order valence-corrected chi connectivity index (χ2v) is 7.10. The monoisotopic (exact) mass is 325 g/mol. The van der Waals surface area contributed by atoms with Crippen molar-refractivity contribution < 1.29 is 14.3 Å². The molecule has 1 saturated heterocycles. The molecule has 0 aromatic heterocycles. The third-order valence-electron chi connectivity index (χ3n) is 4.96. The number of amidine groups is 1. The fourth-order valence-corrected chi connectivity index (χ4v) is 2.90. The lowest BCUT2D eigenvalue weighted by atomic mass is 9.71. The maximum Gasteiger partial charge on any atom is 0.509 e. The molecule has 0 saturated carbocycles. The molecule has 0 aromatic rings. The van der Waals surface area contributed by atoms with Gasteiger partial charge in [0, 0.05) is 26.2 Å². The summed E-state index contributed by atoms with van der Waals surface area (Å²) in [5, 5.41) is 6.52. The van der Waals surface area contributed by atoms with Crippen molar-refractivity contribution >= 4 is 12.0 Å². The Hall–Kier alpha value is -1.72. The number of cyclic esters (lactones) is 2. The van der Waals surface area contributed by atoms with E-state index >= 15 is 0 Å². The molecule has 0 unspecified atom stereocenters. The van der Waals surface area contributed by atoms with Crippen LogP contribution in [0.15, 0.2) is 17.3 Å². The van der Waals surface area contributed by atoms with Crippen LogP contribution in [-0.4, -0.2) is 42.8 Å². The van der Waals surface area contributed by atoms with Crippen LogP contribution in [0.5, 0.6) is 0 Å². The normalized spacial score (nSPS) is 21.9. The first-order chi connectivity index (χ1) is 10.5. The quantitative estimate of drug-likeness (QED) is 0.446. The lowest BCUT2D eigenvalue weighted by Gasteiger charge is -2.55. The molecule has 1 rings (SSSR count). The van der Waals surface area contributed by atoms with Gasteiger partial charge in [-0.05, 0) is 47.5 Å². The van der Waals surface area contributed by atoms with E-state index in [1.807, 2.05) is 41.7 Å². The van der Waals surface area contributed by atoms with Crippen LogP contribution in [0.3, 0.4) is 0 Å². The summed E-state index contributed by atoms with van der Waals surface area (Å²) in [4.78, 5) is 15.8. The Labute approximate surface area is 139 Å². The van der Waals surface area contributed by atoms with Crippen molar-refractivity contribution in [3.63, 3.8) is 0 Å². The van der Waals surface area contributed by atoms with Gasteiger partial charge in [-0.2, -0.15) is 0 Å². The van der Waals surface area contributed by atoms with Gasteiger partial charge in [0.1, 0.15) is 16.7 Å². The van der Waals surface area contributed by atoms with Crippen LogP contribution in [0.4, 0.5) is 4.79 Å². The number of ether oxygens (including phenoxy) is 2. The lowest BCUT2D eigenvalue weighted by molar-refractivity contribution is -0.194. The fourth-order valence-electron chi connectivity index (χ4n) is 2.90. The largest absolute Gasteiger partial charge is 0.509 e. The summed E-state index contributed by atoms with van der Waals surface area (Å²) in [6.07, 6.45) is 1.96. The van der Waals surface area contributed by atoms with E-state index in [-0.39, 0.29) is 0 Å². The van der Waals surface area contributed by atoms with Gasteiger partial charge in [-0.25, -0.2) is 4.79 Å². The van der Waals surface area contributed by atoms with Gasteiger partial charge in [-0.15, -0.1) is 0 Å². The first-order valence-corrected chi connectivity index (χ1v) is 8.00. The molecule has 1 fully saturated rings. The van der Waals surface area contributed by atoms with Crippen molar-refractivity contribution in [2.75, 3.05) is 14.1 Å². The number of nitrogens with one attached hydrogen (secondary N) is 2. The maximum absolute atomic E-state index is 11.7. The second kappa shape index (κ2) is 6.81. The molecule has 0 aromatic carbocycles. The molecule has 1 aliphatic heterocycles. The molecule has 0 radical (unpaired) electrons. The summed E-state index contributed by atoms with van der Waals surface area (Å²) in [6, 6.07) is 0. The number of hydrogen-bond donors (Lipinski definition) is 2. The van der Waals surface area contributed by atoms with E-state index in [4.69, 9.17) is 9.47 Å². The highest BCUT2D eigenvalue weighted by atomic mass is 16.8. The highest BCUT2D eigenvalue weighted by molar-refractivity contribution is 5.81. The van der Waals surface area contributed by atoms with Crippen molar-refractivity contribution in [1.82, 2.24) is 10.6 Å². The molecular formula is C17H31N3O3. The van der Waals surface area contributed by atoms with Crippen LogP contribution in [0.2, 0.25) is 0 Å². The molecule has 1 heterocycles. The Morgan fingerprint density at radius 1 is 1.13 bits per heavy atom. The summed E-state index contributed by atoms with van der Waals surface area (Å²) in [5.41, 5.74) is -1.16. The van der Waals surface area contributed by atoms with E-state index < -0.39 is 22.9 Å². The van der Waals surface area contributed by atoms with Crippen molar-refractivity contribution in [1.29, 1.82) is 0 Å². The summed E-state index contributed by atoms with van der Waals surface area (Å²) in [6.45, 7) is 13.7. The SMILES string of the molecule is C=C(CCCC(=NC)NC)NC1(C)C(C)(C)OC(=O)OC1(C)C. The Morgan fingerprint density at radius 2 is 1.65 bits per heavy atom. The Balaban J connectivity index is 2.76. The molecule has 132 valence electrons. The van der Waals surface area contributed by atoms with Gasteiger partial charge in [0.15, 0.2) is 0 Å². The zero-order valence-corrected chi connectivity index (χ0v) is 15.5. The number of aliphatic imine (C=N–C) groups is 1. The smallest absolute Gasteiger partial charge is 0.426 e. The lowest BCUT2D eigenvalue weighted by Crippen LogP contribution is -2.74. The second-order valence-electron chi connectivity index (χ2n) is 7.10. The van der Waals surface area contributed by atoms with Crippen LogP contribution >= 0.6 is 0 Å². The molecule has 1 aliphatic rings. The highest BCUT2D eigenvalue weighted by Gasteiger charge is 2.60. The zero-order chi connectivity index (χ0) is 17.9. The molecule has 6 heteroatoms. The Bertz CT molecular complexity index is 475. The summed E-state index contributed by atoms with van der Waals surface area (Å²) >= 11 is 0. The molecule has 0 spiro atoms. The van der Waals surface area contributed by atoms with E-state index in [0.29, 0.717) is 0 Å². The maximum atomic E-state index is 11.7. The highest BCUT2D eigenvalue weighted by Crippen LogP contribution is 2.42. The Kier molecular flexibility index (Phi) is 5.72. The summed E-state index contributed by atoms with van der Waals surface area (Å²) in [5.74, 6) is 0.972. The molecular weight excluding hydrogens is 294 g/mol. The predicted octanol–water partition coefficient (Wildman–Crippen LogP) is 2.99. The van der Waals surface area contributed by atoms with E-state index in [0.717, 1.165) is 30.8 Å². The predicted molar refractivity (Wildman–Crippen MR) is 92.7 cm³/mol. The van der Waals surface area contributed by atoms with E-state index in [1.165, 1.54) is 0 Å². The van der Waals surface area contributed by atoms with E-state index in [2.05, 4.69) is 22.2 Å². The summed E-state index contributed by atoms with van der Waals surface area (Å²) in [7, 11) is 3.65. The third-order valence-corrected chi connectivity index (χ3v) is 4.96. The standard InChI is InChI=1S/C17H31N3O3/c1-12(10-9-11-13(18-7)19-8)20-17(6)15(2,3)22-14(21)23-16(17,4)5/h20H,1,9-11H2,2-8H3,(H,18,19). The average Bonchev–Trinajstić information content (AvgIpc) is 2.40. The zero-order valence-electron chi connectivity index (χ0n) is 15.5. The van der Waals surface area contributed by atoms with Gasteiger partial charge >= 0.3 is 6.16 Å². The van der Waals surface area contributed by atoms with Gasteiger partial charge in [0.25, 0.3) is 0 Å². The molecule has 2 N–H and O–H groups in total. The molecule has 0 aliphatic carbocycles. The van der Waals surface area contributed by atoms with Gasteiger partial charge in [0.2, 0.25) is 0 Å². The minimum absolute atomic E-state index is 0.602. The molecule has 0 amide bonds. The third kappa shape index (κ3) is 3.98. The molecule has 6 nitrogen and oxygen atoms in total. The van der Waals surface area contributed by atoms with Crippen molar-refractivity contribution in [2.45, 2.75) is 70.6 Å². The first-order valence-electron chi connectivity index (χ1n) is 8.00. The van der Waals surface area contributed by atoms with E-state index in [9.17, 15) is 4.79 Å². The number of carbonyl (C=O) groups excluding carboxylic acids is 1. The van der Waals surface area contributed by atoms with Crippen LogP contribution in [0.1, 0.15) is 53.9 Å². The van der Waals surface area contributed by atoms with Crippen LogP contribution < -0.4 is 10.6 Å². The number of rotatable bonds is 6. The number of allylic oxidation sites excluding steroid dienone is 1. The van der Waals surface area contributed by atoms with Crippen molar-refractivity contribution in [3.8, 4) is 0 Å². The van der Waals surface area contributed by atoms with Crippen molar-refractivity contribution in [3.05, 3.63) is 12.3 Å². The number of carbonyl (C=O) groups is 1. The molecule has 0 bridgehead atoms. The number of nitrogens with zero attached hydrogens (tertiary/aromatic N) is 1. The Morgan fingerprint density at radius 3 is 2.09 bits per heavy atom. The molecule has 0 atom stereocenters. The minimum atomic E-state index is -0.726. The van der Waals surface area contributed by atoms with Gasteiger partial charge in [-0.3, -0.25) is 4.99 Å². The van der Waals surface area contributed by atoms with Gasteiger partial charge in [0.05, 0.1) is 5.84 Å². The average molecular weight is 325 g/mol. The number of hydrogen-bond acceptors (Lipinski definition) is 5. The molecule has 23 heavy (non-hydrogen) atoms. The van der Waals surface area contributed by atoms with Crippen LogP contribution in [0, 0.1) is 0 Å². The van der Waals surface area contributed by atoms with Gasteiger partial charge < -0.3 is 20.1 Å². The first kappa shape index (κ1) is 19.3. The van der Waals surface area contributed by atoms with E-state index in [1.54, 1.807) is 7.05 Å². The van der Waals surface area contributed by atoms with Gasteiger partial charge in [-0.1, -0.05) is 6.58 Å².